The van der Waals surface area contributed by atoms with E-state index in [2.05, 4.69) is 25.6 Å². The fourth-order valence-corrected chi connectivity index (χ4v) is 4.13. The highest BCUT2D eigenvalue weighted by molar-refractivity contribution is 5.98. The lowest BCUT2D eigenvalue weighted by atomic mass is 10.1. The maximum absolute atomic E-state index is 12.5. The van der Waals surface area contributed by atoms with Crippen LogP contribution in [0.2, 0.25) is 0 Å². The first-order valence-corrected chi connectivity index (χ1v) is 9.10. The van der Waals surface area contributed by atoms with E-state index in [-0.39, 0.29) is 11.8 Å². The summed E-state index contributed by atoms with van der Waals surface area (Å²) in [4.78, 5) is 25.5. The number of rotatable bonds is 3. The molecule has 136 valence electrons. The number of nitrogens with two attached hydrogens (primary N) is 1. The highest BCUT2D eigenvalue weighted by atomic mass is 16.2. The lowest BCUT2D eigenvalue weighted by molar-refractivity contribution is -0.118. The van der Waals surface area contributed by atoms with E-state index < -0.39 is 0 Å². The van der Waals surface area contributed by atoms with E-state index in [1.165, 1.54) is 0 Å². The number of aryl methyl sites for hydroxylation is 1. The standard InChI is InChI=1S/C20H20N6O/c1-10-2-3-22-6-12(10)16-4-11-5-17(24-9-13(11)19(21)25-16)26-20(27)18-14-7-23-8-15(14)18/h2-6,9,14-15,18,23H,7-8H2,1H3,(H2,21,25)(H,24,26,27)/t14-,15+,18?. The van der Waals surface area contributed by atoms with Gasteiger partial charge in [-0.25, -0.2) is 9.97 Å². The number of amides is 1. The van der Waals surface area contributed by atoms with Gasteiger partial charge in [-0.15, -0.1) is 0 Å². The van der Waals surface area contributed by atoms with Crippen molar-refractivity contribution in [2.24, 2.45) is 17.8 Å². The van der Waals surface area contributed by atoms with E-state index in [0.717, 1.165) is 40.7 Å². The summed E-state index contributed by atoms with van der Waals surface area (Å²) >= 11 is 0. The first-order chi connectivity index (χ1) is 13.1. The number of hydrogen-bond acceptors (Lipinski definition) is 6. The number of nitrogen functional groups attached to an aromatic ring is 1. The number of nitrogens with zero attached hydrogens (tertiary/aromatic N) is 3. The Bertz CT molecular complexity index is 1060. The molecule has 1 saturated heterocycles. The molecular formula is C20H20N6O. The van der Waals surface area contributed by atoms with Gasteiger partial charge in [-0.3, -0.25) is 9.78 Å². The summed E-state index contributed by atoms with van der Waals surface area (Å²) in [5.74, 6) is 2.09. The topological polar surface area (TPSA) is 106 Å². The van der Waals surface area contributed by atoms with Gasteiger partial charge in [0.2, 0.25) is 5.91 Å². The van der Waals surface area contributed by atoms with Crippen molar-refractivity contribution in [3.05, 3.63) is 42.4 Å². The van der Waals surface area contributed by atoms with Crippen molar-refractivity contribution in [2.75, 3.05) is 24.1 Å². The minimum Gasteiger partial charge on any atom is -0.383 e. The molecule has 3 aromatic heterocycles. The lowest BCUT2D eigenvalue weighted by Gasteiger charge is -2.10. The van der Waals surface area contributed by atoms with Crippen LogP contribution in [0.5, 0.6) is 0 Å². The molecule has 3 aromatic rings. The highest BCUT2D eigenvalue weighted by Gasteiger charge is 2.56. The Morgan fingerprint density at radius 2 is 2.07 bits per heavy atom. The predicted octanol–water partition coefficient (Wildman–Crippen LogP) is 1.99. The van der Waals surface area contributed by atoms with Gasteiger partial charge in [0.25, 0.3) is 0 Å². The van der Waals surface area contributed by atoms with Gasteiger partial charge >= 0.3 is 0 Å². The Hall–Kier alpha value is -3.06. The number of nitrogens with one attached hydrogen (secondary N) is 2. The summed E-state index contributed by atoms with van der Waals surface area (Å²) in [6, 6.07) is 5.76. The molecule has 2 aliphatic rings. The maximum atomic E-state index is 12.5. The molecule has 0 radical (unpaired) electrons. The minimum absolute atomic E-state index is 0.0590. The average Bonchev–Trinajstić information content (AvgIpc) is 3.14. The second-order valence-corrected chi connectivity index (χ2v) is 7.38. The maximum Gasteiger partial charge on any atom is 0.229 e. The van der Waals surface area contributed by atoms with Gasteiger partial charge in [0, 0.05) is 35.5 Å². The molecule has 1 saturated carbocycles. The number of piperidine rings is 1. The molecule has 1 unspecified atom stereocenters. The van der Waals surface area contributed by atoms with Gasteiger partial charge < -0.3 is 16.4 Å². The van der Waals surface area contributed by atoms with Gasteiger partial charge in [-0.2, -0.15) is 0 Å². The zero-order valence-electron chi connectivity index (χ0n) is 14.9. The molecule has 5 rings (SSSR count). The van der Waals surface area contributed by atoms with Crippen LogP contribution in [0.1, 0.15) is 5.56 Å². The summed E-state index contributed by atoms with van der Waals surface area (Å²) in [7, 11) is 0. The quantitative estimate of drug-likeness (QED) is 0.660. The zero-order valence-corrected chi connectivity index (χ0v) is 14.9. The largest absolute Gasteiger partial charge is 0.383 e. The third-order valence-electron chi connectivity index (χ3n) is 5.71. The number of carbonyl (C=O) groups excluding carboxylic acids is 1. The molecule has 2 fully saturated rings. The SMILES string of the molecule is Cc1ccncc1-c1cc2cc(NC(=O)C3[C@H]4CNC[C@@H]34)ncc2c(N)n1. The number of aromatic nitrogens is 3. The van der Waals surface area contributed by atoms with Crippen LogP contribution in [0.15, 0.2) is 36.8 Å². The van der Waals surface area contributed by atoms with E-state index in [1.54, 1.807) is 18.6 Å². The molecule has 7 nitrogen and oxygen atoms in total. The molecule has 4 N–H and O–H groups in total. The Kier molecular flexibility index (Phi) is 3.58. The van der Waals surface area contributed by atoms with Crippen LogP contribution in [-0.4, -0.2) is 33.9 Å². The van der Waals surface area contributed by atoms with Gasteiger partial charge in [0.05, 0.1) is 5.69 Å². The Balaban J connectivity index is 1.47. The molecule has 0 bridgehead atoms. The highest BCUT2D eigenvalue weighted by Crippen LogP contribution is 2.49. The monoisotopic (exact) mass is 360 g/mol. The first-order valence-electron chi connectivity index (χ1n) is 9.10. The van der Waals surface area contributed by atoms with Crippen molar-refractivity contribution in [1.82, 2.24) is 20.3 Å². The molecule has 4 heterocycles. The third kappa shape index (κ3) is 2.71. The van der Waals surface area contributed by atoms with Gasteiger partial charge in [0.1, 0.15) is 11.6 Å². The van der Waals surface area contributed by atoms with Crippen molar-refractivity contribution in [1.29, 1.82) is 0 Å². The van der Waals surface area contributed by atoms with Crippen molar-refractivity contribution in [3.63, 3.8) is 0 Å². The van der Waals surface area contributed by atoms with Crippen LogP contribution >= 0.6 is 0 Å². The van der Waals surface area contributed by atoms with E-state index in [9.17, 15) is 4.79 Å². The molecule has 0 aromatic carbocycles. The number of pyridine rings is 3. The molecule has 7 heteroatoms. The predicted molar refractivity (Wildman–Crippen MR) is 104 cm³/mol. The number of carbonyl (C=O) groups is 1. The van der Waals surface area contributed by atoms with Gasteiger partial charge in [-0.1, -0.05) is 0 Å². The van der Waals surface area contributed by atoms with Crippen molar-refractivity contribution in [3.8, 4) is 11.3 Å². The van der Waals surface area contributed by atoms with E-state index in [4.69, 9.17) is 5.73 Å². The average molecular weight is 360 g/mol. The number of hydrogen-bond donors (Lipinski definition) is 3. The molecule has 3 atom stereocenters. The second-order valence-electron chi connectivity index (χ2n) is 7.38. The second kappa shape index (κ2) is 5.99. The van der Waals surface area contributed by atoms with Crippen molar-refractivity contribution >= 4 is 28.3 Å². The Morgan fingerprint density at radius 1 is 1.26 bits per heavy atom. The summed E-state index contributed by atoms with van der Waals surface area (Å²) < 4.78 is 0. The van der Waals surface area contributed by atoms with E-state index >= 15 is 0 Å². The molecule has 0 spiro atoms. The summed E-state index contributed by atoms with van der Waals surface area (Å²) in [5, 5.41) is 7.93. The fraction of sp³-hybridized carbons (Fsp3) is 0.300. The van der Waals surface area contributed by atoms with Crippen molar-refractivity contribution in [2.45, 2.75) is 6.92 Å². The smallest absolute Gasteiger partial charge is 0.229 e. The zero-order chi connectivity index (χ0) is 18.5. The van der Waals surface area contributed by atoms with Crippen LogP contribution < -0.4 is 16.4 Å². The van der Waals surface area contributed by atoms with Gasteiger partial charge in [0.15, 0.2) is 0 Å². The first kappa shape index (κ1) is 16.1. The van der Waals surface area contributed by atoms with Crippen LogP contribution in [0, 0.1) is 24.7 Å². The normalized spacial score (nSPS) is 23.2. The minimum atomic E-state index is 0.0590. The van der Waals surface area contributed by atoms with Crippen LogP contribution in [0.4, 0.5) is 11.6 Å². The van der Waals surface area contributed by atoms with Crippen LogP contribution in [-0.2, 0) is 4.79 Å². The number of fused-ring (bicyclic) bond motifs is 2. The van der Waals surface area contributed by atoms with Crippen molar-refractivity contribution < 1.29 is 4.79 Å². The molecule has 1 aliphatic carbocycles. The summed E-state index contributed by atoms with van der Waals surface area (Å²) in [6.45, 7) is 3.88. The molecular weight excluding hydrogens is 340 g/mol. The molecule has 1 amide bonds. The van der Waals surface area contributed by atoms with Crippen LogP contribution in [0.3, 0.4) is 0 Å². The van der Waals surface area contributed by atoms with Gasteiger partial charge in [-0.05, 0) is 61.0 Å². The Labute approximate surface area is 156 Å². The third-order valence-corrected chi connectivity index (χ3v) is 5.71. The van der Waals surface area contributed by atoms with E-state index in [0.29, 0.717) is 23.5 Å². The fourth-order valence-electron chi connectivity index (χ4n) is 4.13. The summed E-state index contributed by atoms with van der Waals surface area (Å²) in [5.41, 5.74) is 8.92. The number of anilines is 2. The molecule has 1 aliphatic heterocycles. The van der Waals surface area contributed by atoms with Crippen LogP contribution in [0.25, 0.3) is 22.0 Å². The van der Waals surface area contributed by atoms with E-state index in [1.807, 2.05) is 25.1 Å². The lowest BCUT2D eigenvalue weighted by Crippen LogP contribution is -2.23. The molecule has 27 heavy (non-hydrogen) atoms. The summed E-state index contributed by atoms with van der Waals surface area (Å²) in [6.07, 6.45) is 5.21. The Morgan fingerprint density at radius 3 is 2.85 bits per heavy atom.